The summed E-state index contributed by atoms with van der Waals surface area (Å²) in [5.74, 6) is 0.0757. The Morgan fingerprint density at radius 1 is 1.10 bits per heavy atom. The van der Waals surface area contributed by atoms with Gasteiger partial charge in [-0.3, -0.25) is 0 Å². The molecule has 0 fully saturated rings. The highest BCUT2D eigenvalue weighted by molar-refractivity contribution is 5.75. The number of hydrogen-bond donors (Lipinski definition) is 0. The standard InChI is InChI=1S/C14H13F2N5/c15-9-5-11-12(6-10(9)16)20(8-17-11)7-14-19-18-13-3-1-2-4-21(13)14/h5-6,8H,1-4,7H2. The minimum Gasteiger partial charge on any atom is -0.323 e. The molecule has 4 rings (SSSR count). The molecule has 7 heteroatoms. The van der Waals surface area contributed by atoms with Crippen LogP contribution in [0.15, 0.2) is 18.5 Å². The van der Waals surface area contributed by atoms with Crippen molar-refractivity contribution >= 4 is 11.0 Å². The molecule has 108 valence electrons. The molecule has 0 aliphatic carbocycles. The number of aromatic nitrogens is 5. The molecule has 3 aromatic rings. The summed E-state index contributed by atoms with van der Waals surface area (Å²) in [7, 11) is 0. The van der Waals surface area contributed by atoms with Gasteiger partial charge in [0.05, 0.1) is 23.9 Å². The minimum absolute atomic E-state index is 0.437. The van der Waals surface area contributed by atoms with Gasteiger partial charge in [-0.05, 0) is 12.8 Å². The lowest BCUT2D eigenvalue weighted by Crippen LogP contribution is -2.15. The molecule has 0 saturated heterocycles. The van der Waals surface area contributed by atoms with E-state index in [1.807, 2.05) is 0 Å². The molecule has 2 aromatic heterocycles. The normalized spacial score (nSPS) is 14.6. The minimum atomic E-state index is -0.882. The molecule has 1 aliphatic rings. The van der Waals surface area contributed by atoms with E-state index in [0.717, 1.165) is 43.5 Å². The van der Waals surface area contributed by atoms with E-state index >= 15 is 0 Å². The average Bonchev–Trinajstić information content (AvgIpc) is 3.06. The van der Waals surface area contributed by atoms with Gasteiger partial charge in [-0.25, -0.2) is 13.8 Å². The second kappa shape index (κ2) is 4.61. The van der Waals surface area contributed by atoms with Gasteiger partial charge in [-0.15, -0.1) is 10.2 Å². The molecule has 21 heavy (non-hydrogen) atoms. The Hall–Kier alpha value is -2.31. The van der Waals surface area contributed by atoms with Gasteiger partial charge < -0.3 is 9.13 Å². The topological polar surface area (TPSA) is 48.5 Å². The second-order valence-corrected chi connectivity index (χ2v) is 5.27. The Labute approximate surface area is 119 Å². The molecule has 0 unspecified atom stereocenters. The van der Waals surface area contributed by atoms with E-state index in [4.69, 9.17) is 0 Å². The highest BCUT2D eigenvalue weighted by Gasteiger charge is 2.17. The van der Waals surface area contributed by atoms with E-state index in [9.17, 15) is 8.78 Å². The van der Waals surface area contributed by atoms with E-state index in [1.165, 1.54) is 6.07 Å². The molecular formula is C14H13F2N5. The first-order valence-electron chi connectivity index (χ1n) is 6.93. The van der Waals surface area contributed by atoms with Crippen LogP contribution in [-0.2, 0) is 19.5 Å². The van der Waals surface area contributed by atoms with E-state index in [1.54, 1.807) is 10.9 Å². The van der Waals surface area contributed by atoms with E-state index in [2.05, 4.69) is 19.7 Å². The van der Waals surface area contributed by atoms with Crippen LogP contribution in [0, 0.1) is 11.6 Å². The van der Waals surface area contributed by atoms with Crippen molar-refractivity contribution < 1.29 is 8.78 Å². The van der Waals surface area contributed by atoms with Gasteiger partial charge in [0, 0.05) is 25.1 Å². The summed E-state index contributed by atoms with van der Waals surface area (Å²) in [6, 6.07) is 2.28. The highest BCUT2D eigenvalue weighted by Crippen LogP contribution is 2.20. The first-order valence-corrected chi connectivity index (χ1v) is 6.93. The van der Waals surface area contributed by atoms with Gasteiger partial charge >= 0.3 is 0 Å². The van der Waals surface area contributed by atoms with Crippen molar-refractivity contribution in [2.75, 3.05) is 0 Å². The van der Waals surface area contributed by atoms with Crippen LogP contribution < -0.4 is 0 Å². The summed E-state index contributed by atoms with van der Waals surface area (Å²) in [6.07, 6.45) is 4.77. The maximum atomic E-state index is 13.4. The fourth-order valence-corrected chi connectivity index (χ4v) is 2.82. The highest BCUT2D eigenvalue weighted by atomic mass is 19.2. The second-order valence-electron chi connectivity index (χ2n) is 5.27. The Morgan fingerprint density at radius 3 is 2.86 bits per heavy atom. The zero-order valence-corrected chi connectivity index (χ0v) is 11.3. The Balaban J connectivity index is 1.74. The summed E-state index contributed by atoms with van der Waals surface area (Å²) in [4.78, 5) is 4.11. The summed E-state index contributed by atoms with van der Waals surface area (Å²) >= 11 is 0. The smallest absolute Gasteiger partial charge is 0.161 e. The first kappa shape index (κ1) is 12.4. The van der Waals surface area contributed by atoms with Crippen molar-refractivity contribution in [1.82, 2.24) is 24.3 Å². The van der Waals surface area contributed by atoms with Crippen LogP contribution >= 0.6 is 0 Å². The molecule has 1 aliphatic heterocycles. The lowest BCUT2D eigenvalue weighted by Gasteiger charge is -2.15. The van der Waals surface area contributed by atoms with Gasteiger partial charge in [0.2, 0.25) is 0 Å². The number of rotatable bonds is 2. The van der Waals surface area contributed by atoms with Crippen LogP contribution in [0.1, 0.15) is 24.5 Å². The summed E-state index contributed by atoms with van der Waals surface area (Å²) in [5, 5.41) is 8.41. The molecule has 0 atom stereocenters. The molecule has 0 N–H and O–H groups in total. The van der Waals surface area contributed by atoms with Crippen LogP contribution in [-0.4, -0.2) is 24.3 Å². The first-order chi connectivity index (χ1) is 10.2. The third kappa shape index (κ3) is 2.00. The number of imidazole rings is 1. The summed E-state index contributed by atoms with van der Waals surface area (Å²) in [5.41, 5.74) is 0.995. The third-order valence-corrected chi connectivity index (χ3v) is 3.91. The number of benzene rings is 1. The van der Waals surface area contributed by atoms with Crippen molar-refractivity contribution in [3.63, 3.8) is 0 Å². The van der Waals surface area contributed by atoms with Gasteiger partial charge in [0.15, 0.2) is 17.5 Å². The van der Waals surface area contributed by atoms with Crippen LogP contribution in [0.3, 0.4) is 0 Å². The maximum absolute atomic E-state index is 13.4. The van der Waals surface area contributed by atoms with E-state index in [0.29, 0.717) is 17.6 Å². The Morgan fingerprint density at radius 2 is 1.95 bits per heavy atom. The largest absolute Gasteiger partial charge is 0.323 e. The van der Waals surface area contributed by atoms with Crippen molar-refractivity contribution in [3.8, 4) is 0 Å². The van der Waals surface area contributed by atoms with Gasteiger partial charge in [-0.2, -0.15) is 0 Å². The maximum Gasteiger partial charge on any atom is 0.161 e. The molecule has 0 saturated carbocycles. The number of halogens is 2. The number of nitrogens with zero attached hydrogens (tertiary/aromatic N) is 5. The molecular weight excluding hydrogens is 276 g/mol. The quantitative estimate of drug-likeness (QED) is 0.727. The fourth-order valence-electron chi connectivity index (χ4n) is 2.82. The predicted octanol–water partition coefficient (Wildman–Crippen LogP) is 2.29. The predicted molar refractivity (Wildman–Crippen MR) is 71.7 cm³/mol. The van der Waals surface area contributed by atoms with E-state index in [-0.39, 0.29) is 0 Å². The summed E-state index contributed by atoms with van der Waals surface area (Å²) in [6.45, 7) is 1.36. The molecule has 1 aromatic carbocycles. The monoisotopic (exact) mass is 289 g/mol. The molecule has 0 bridgehead atoms. The third-order valence-electron chi connectivity index (χ3n) is 3.91. The van der Waals surface area contributed by atoms with Gasteiger partial charge in [0.25, 0.3) is 0 Å². The summed E-state index contributed by atoms with van der Waals surface area (Å²) < 4.78 is 30.5. The van der Waals surface area contributed by atoms with Crippen molar-refractivity contribution in [1.29, 1.82) is 0 Å². The van der Waals surface area contributed by atoms with Crippen LogP contribution in [0.4, 0.5) is 8.78 Å². The molecule has 5 nitrogen and oxygen atoms in total. The Kier molecular flexibility index (Phi) is 2.73. The fraction of sp³-hybridized carbons (Fsp3) is 0.357. The van der Waals surface area contributed by atoms with Crippen molar-refractivity contribution in [3.05, 3.63) is 41.7 Å². The number of aryl methyl sites for hydroxylation is 1. The van der Waals surface area contributed by atoms with Crippen LogP contribution in [0.2, 0.25) is 0 Å². The van der Waals surface area contributed by atoms with Crippen LogP contribution in [0.25, 0.3) is 11.0 Å². The lowest BCUT2D eigenvalue weighted by molar-refractivity contribution is 0.502. The zero-order chi connectivity index (χ0) is 14.4. The van der Waals surface area contributed by atoms with Crippen molar-refractivity contribution in [2.45, 2.75) is 32.4 Å². The van der Waals surface area contributed by atoms with E-state index < -0.39 is 11.6 Å². The molecule has 3 heterocycles. The molecule has 0 radical (unpaired) electrons. The molecule has 0 amide bonds. The molecule has 0 spiro atoms. The van der Waals surface area contributed by atoms with Crippen LogP contribution in [0.5, 0.6) is 0 Å². The average molecular weight is 289 g/mol. The number of hydrogen-bond acceptors (Lipinski definition) is 3. The van der Waals surface area contributed by atoms with Gasteiger partial charge in [0.1, 0.15) is 5.82 Å². The SMILES string of the molecule is Fc1cc2ncn(Cc3nnc4n3CCCC4)c2cc1F. The Bertz CT molecular complexity index is 820. The van der Waals surface area contributed by atoms with Crippen molar-refractivity contribution in [2.24, 2.45) is 0 Å². The zero-order valence-electron chi connectivity index (χ0n) is 11.3. The lowest BCUT2D eigenvalue weighted by atomic mass is 10.2. The number of fused-ring (bicyclic) bond motifs is 2. The van der Waals surface area contributed by atoms with Gasteiger partial charge in [-0.1, -0.05) is 0 Å².